The number of carbonyl (C=O) groups is 1. The van der Waals surface area contributed by atoms with Crippen molar-refractivity contribution in [1.29, 1.82) is 0 Å². The Balaban J connectivity index is 1.66. The topological polar surface area (TPSA) is 56.8 Å². The standard InChI is InChI=1S/C23H27NO4/c1-3-14-27-21-11-9-17(16-22(21)26-4-2)10-12-23(25)24-19-13-15-28-20-8-6-5-7-18(19)20/h5-12,16,19H,3-4,13-15H2,1-2H3,(H,24,25)/b12-10+/t19-/m1/s1. The predicted molar refractivity (Wildman–Crippen MR) is 110 cm³/mol. The molecule has 1 N–H and O–H groups in total. The van der Waals surface area contributed by atoms with Gasteiger partial charge in [-0.25, -0.2) is 0 Å². The van der Waals surface area contributed by atoms with Crippen LogP contribution in [0, 0.1) is 0 Å². The van der Waals surface area contributed by atoms with E-state index in [1.165, 1.54) is 0 Å². The summed E-state index contributed by atoms with van der Waals surface area (Å²) in [5, 5.41) is 3.06. The highest BCUT2D eigenvalue weighted by Crippen LogP contribution is 2.32. The van der Waals surface area contributed by atoms with Gasteiger partial charge in [-0.3, -0.25) is 4.79 Å². The highest BCUT2D eigenvalue weighted by atomic mass is 16.5. The first-order valence-electron chi connectivity index (χ1n) is 9.81. The van der Waals surface area contributed by atoms with Crippen molar-refractivity contribution in [2.75, 3.05) is 19.8 Å². The van der Waals surface area contributed by atoms with Crippen molar-refractivity contribution in [3.05, 3.63) is 59.7 Å². The second-order valence-electron chi connectivity index (χ2n) is 6.56. The fourth-order valence-corrected chi connectivity index (χ4v) is 3.11. The highest BCUT2D eigenvalue weighted by Gasteiger charge is 2.21. The van der Waals surface area contributed by atoms with E-state index in [0.29, 0.717) is 25.6 Å². The summed E-state index contributed by atoms with van der Waals surface area (Å²) in [4.78, 5) is 12.4. The molecule has 2 aromatic carbocycles. The van der Waals surface area contributed by atoms with Crippen molar-refractivity contribution in [3.8, 4) is 17.2 Å². The minimum absolute atomic E-state index is 0.0362. The molecular formula is C23H27NO4. The van der Waals surface area contributed by atoms with Crippen LogP contribution in [0.15, 0.2) is 48.5 Å². The van der Waals surface area contributed by atoms with E-state index in [1.807, 2.05) is 49.4 Å². The summed E-state index contributed by atoms with van der Waals surface area (Å²) in [7, 11) is 0. The molecule has 1 atom stereocenters. The summed E-state index contributed by atoms with van der Waals surface area (Å²) in [6.45, 7) is 5.80. The number of fused-ring (bicyclic) bond motifs is 1. The molecule has 1 aliphatic heterocycles. The van der Waals surface area contributed by atoms with Crippen molar-refractivity contribution in [2.45, 2.75) is 32.7 Å². The molecule has 0 spiro atoms. The van der Waals surface area contributed by atoms with Gasteiger partial charge in [0.25, 0.3) is 0 Å². The average molecular weight is 381 g/mol. The van der Waals surface area contributed by atoms with Crippen molar-refractivity contribution >= 4 is 12.0 Å². The Kier molecular flexibility index (Phi) is 6.95. The van der Waals surface area contributed by atoms with Crippen LogP contribution < -0.4 is 19.5 Å². The number of para-hydroxylation sites is 1. The fourth-order valence-electron chi connectivity index (χ4n) is 3.11. The van der Waals surface area contributed by atoms with Gasteiger partial charge in [-0.2, -0.15) is 0 Å². The van der Waals surface area contributed by atoms with Crippen LogP contribution in [-0.4, -0.2) is 25.7 Å². The molecule has 0 aromatic heterocycles. The maximum atomic E-state index is 12.4. The van der Waals surface area contributed by atoms with Gasteiger partial charge in [-0.1, -0.05) is 31.2 Å². The quantitative estimate of drug-likeness (QED) is 0.683. The van der Waals surface area contributed by atoms with Gasteiger partial charge in [0.2, 0.25) is 5.91 Å². The lowest BCUT2D eigenvalue weighted by molar-refractivity contribution is -0.117. The Morgan fingerprint density at radius 2 is 2.04 bits per heavy atom. The van der Waals surface area contributed by atoms with E-state index in [0.717, 1.165) is 35.5 Å². The number of nitrogens with one attached hydrogen (secondary N) is 1. The molecule has 0 fully saturated rings. The van der Waals surface area contributed by atoms with E-state index in [-0.39, 0.29) is 11.9 Å². The first-order chi connectivity index (χ1) is 13.7. The van der Waals surface area contributed by atoms with E-state index in [1.54, 1.807) is 12.2 Å². The zero-order valence-electron chi connectivity index (χ0n) is 16.4. The highest BCUT2D eigenvalue weighted by molar-refractivity contribution is 5.92. The molecule has 5 heteroatoms. The van der Waals surface area contributed by atoms with Crippen molar-refractivity contribution in [3.63, 3.8) is 0 Å². The molecule has 5 nitrogen and oxygen atoms in total. The minimum Gasteiger partial charge on any atom is -0.493 e. The summed E-state index contributed by atoms with van der Waals surface area (Å²) in [5.74, 6) is 2.12. The van der Waals surface area contributed by atoms with Crippen molar-refractivity contribution < 1.29 is 19.0 Å². The summed E-state index contributed by atoms with van der Waals surface area (Å²) in [6, 6.07) is 13.5. The zero-order chi connectivity index (χ0) is 19.8. The van der Waals surface area contributed by atoms with Crippen molar-refractivity contribution in [2.24, 2.45) is 0 Å². The van der Waals surface area contributed by atoms with E-state index in [4.69, 9.17) is 14.2 Å². The third-order valence-corrected chi connectivity index (χ3v) is 4.43. The second-order valence-corrected chi connectivity index (χ2v) is 6.56. The number of benzene rings is 2. The molecule has 0 unspecified atom stereocenters. The summed E-state index contributed by atoms with van der Waals surface area (Å²) < 4.78 is 17.0. The molecular weight excluding hydrogens is 354 g/mol. The molecule has 0 bridgehead atoms. The molecule has 1 aliphatic rings. The largest absolute Gasteiger partial charge is 0.493 e. The Hall–Kier alpha value is -2.95. The molecule has 0 saturated heterocycles. The smallest absolute Gasteiger partial charge is 0.244 e. The Bertz CT molecular complexity index is 831. The summed E-state index contributed by atoms with van der Waals surface area (Å²) in [6.07, 6.45) is 5.03. The molecule has 0 radical (unpaired) electrons. The molecule has 1 heterocycles. The van der Waals surface area contributed by atoms with Crippen molar-refractivity contribution in [1.82, 2.24) is 5.32 Å². The van der Waals surface area contributed by atoms with Gasteiger partial charge in [0.15, 0.2) is 11.5 Å². The molecule has 148 valence electrons. The van der Waals surface area contributed by atoms with E-state index in [2.05, 4.69) is 12.2 Å². The number of amides is 1. The Morgan fingerprint density at radius 3 is 2.86 bits per heavy atom. The monoisotopic (exact) mass is 381 g/mol. The van der Waals surface area contributed by atoms with Gasteiger partial charge in [0.05, 0.1) is 25.9 Å². The van der Waals surface area contributed by atoms with Gasteiger partial charge in [-0.05, 0) is 43.2 Å². The van der Waals surface area contributed by atoms with Gasteiger partial charge < -0.3 is 19.5 Å². The predicted octanol–water partition coefficient (Wildman–Crippen LogP) is 4.53. The lowest BCUT2D eigenvalue weighted by Gasteiger charge is -2.26. The van der Waals surface area contributed by atoms with E-state index >= 15 is 0 Å². The van der Waals surface area contributed by atoms with Gasteiger partial charge >= 0.3 is 0 Å². The first-order valence-corrected chi connectivity index (χ1v) is 9.81. The molecule has 2 aromatic rings. The van der Waals surface area contributed by atoms with Crippen LogP contribution >= 0.6 is 0 Å². The average Bonchev–Trinajstić information content (AvgIpc) is 2.72. The van der Waals surface area contributed by atoms with Gasteiger partial charge in [-0.15, -0.1) is 0 Å². The maximum Gasteiger partial charge on any atom is 0.244 e. The molecule has 3 rings (SSSR count). The first kappa shape index (κ1) is 19.8. The lowest BCUT2D eigenvalue weighted by atomic mass is 10.0. The second kappa shape index (κ2) is 9.83. The Labute approximate surface area is 166 Å². The van der Waals surface area contributed by atoms with Crippen LogP contribution in [0.2, 0.25) is 0 Å². The Morgan fingerprint density at radius 1 is 1.18 bits per heavy atom. The molecule has 1 amide bonds. The van der Waals surface area contributed by atoms with E-state index in [9.17, 15) is 4.79 Å². The van der Waals surface area contributed by atoms with Crippen LogP contribution in [0.1, 0.15) is 43.9 Å². The summed E-state index contributed by atoms with van der Waals surface area (Å²) in [5.41, 5.74) is 1.90. The summed E-state index contributed by atoms with van der Waals surface area (Å²) >= 11 is 0. The van der Waals surface area contributed by atoms with E-state index < -0.39 is 0 Å². The van der Waals surface area contributed by atoms with Crippen LogP contribution in [0.4, 0.5) is 0 Å². The van der Waals surface area contributed by atoms with Crippen LogP contribution in [0.3, 0.4) is 0 Å². The van der Waals surface area contributed by atoms with Crippen LogP contribution in [-0.2, 0) is 4.79 Å². The third-order valence-electron chi connectivity index (χ3n) is 4.43. The number of hydrogen-bond donors (Lipinski definition) is 1. The molecule has 0 saturated carbocycles. The number of hydrogen-bond acceptors (Lipinski definition) is 4. The lowest BCUT2D eigenvalue weighted by Crippen LogP contribution is -2.30. The fraction of sp³-hybridized carbons (Fsp3) is 0.348. The maximum absolute atomic E-state index is 12.4. The number of carbonyl (C=O) groups excluding carboxylic acids is 1. The number of rotatable bonds is 8. The molecule has 0 aliphatic carbocycles. The van der Waals surface area contributed by atoms with Gasteiger partial charge in [0.1, 0.15) is 5.75 Å². The van der Waals surface area contributed by atoms with Gasteiger partial charge in [0, 0.05) is 18.1 Å². The van der Waals surface area contributed by atoms with Crippen LogP contribution in [0.25, 0.3) is 6.08 Å². The normalized spacial score (nSPS) is 15.6. The third kappa shape index (κ3) is 5.06. The SMILES string of the molecule is CCCOc1ccc(/C=C/C(=O)N[C@@H]2CCOc3ccccc32)cc1OCC. The molecule has 28 heavy (non-hydrogen) atoms. The number of ether oxygens (including phenoxy) is 3. The minimum atomic E-state index is -0.133. The zero-order valence-corrected chi connectivity index (χ0v) is 16.4. The van der Waals surface area contributed by atoms with Crippen LogP contribution in [0.5, 0.6) is 17.2 Å².